The normalized spacial score (nSPS) is 14.8. The van der Waals surface area contributed by atoms with Gasteiger partial charge in [-0.2, -0.15) is 5.10 Å². The van der Waals surface area contributed by atoms with Crippen LogP contribution in [0.2, 0.25) is 0 Å². The van der Waals surface area contributed by atoms with Gasteiger partial charge in [0.2, 0.25) is 5.91 Å². The number of aromatic nitrogens is 4. The van der Waals surface area contributed by atoms with Gasteiger partial charge in [0.15, 0.2) is 0 Å². The van der Waals surface area contributed by atoms with Gasteiger partial charge in [0.05, 0.1) is 18.1 Å². The van der Waals surface area contributed by atoms with Crippen LogP contribution in [0.25, 0.3) is 5.69 Å². The first-order valence-electron chi connectivity index (χ1n) is 9.55. The van der Waals surface area contributed by atoms with Crippen molar-refractivity contribution in [1.82, 2.24) is 24.6 Å². The summed E-state index contributed by atoms with van der Waals surface area (Å²) >= 11 is 0. The second-order valence-corrected chi connectivity index (χ2v) is 7.15. The topological polar surface area (TPSA) is 67.2 Å². The lowest BCUT2D eigenvalue weighted by Crippen LogP contribution is -2.41. The predicted octanol–water partition coefficient (Wildman–Crippen LogP) is 2.54. The Kier molecular flexibility index (Phi) is 5.32. The molecule has 1 aromatic carbocycles. The molecular formula is C21H24N6O. The molecule has 7 nitrogen and oxygen atoms in total. The van der Waals surface area contributed by atoms with Crippen molar-refractivity contribution in [1.29, 1.82) is 0 Å². The molecule has 0 atom stereocenters. The third kappa shape index (κ3) is 4.03. The van der Waals surface area contributed by atoms with E-state index in [1.807, 2.05) is 59.4 Å². The van der Waals surface area contributed by atoms with Gasteiger partial charge in [-0.05, 0) is 25.0 Å². The zero-order chi connectivity index (χ0) is 19.3. The summed E-state index contributed by atoms with van der Waals surface area (Å²) in [5.41, 5.74) is 2.04. The van der Waals surface area contributed by atoms with Crippen molar-refractivity contribution in [3.8, 4) is 5.69 Å². The van der Waals surface area contributed by atoms with Crippen molar-refractivity contribution >= 4 is 11.7 Å². The van der Waals surface area contributed by atoms with E-state index in [9.17, 15) is 4.79 Å². The molecule has 28 heavy (non-hydrogen) atoms. The van der Waals surface area contributed by atoms with Gasteiger partial charge in [0.25, 0.3) is 0 Å². The first-order chi connectivity index (χ1) is 13.7. The molecule has 0 unspecified atom stereocenters. The maximum absolute atomic E-state index is 12.9. The largest absolute Gasteiger partial charge is 0.355 e. The maximum Gasteiger partial charge on any atom is 0.225 e. The number of hydrogen-bond donors (Lipinski definition) is 0. The first-order valence-corrected chi connectivity index (χ1v) is 9.55. The molecule has 3 heterocycles. The lowest BCUT2D eigenvalue weighted by Gasteiger charge is -2.33. The Morgan fingerprint density at radius 1 is 1.14 bits per heavy atom. The van der Waals surface area contributed by atoms with Crippen molar-refractivity contribution < 1.29 is 4.79 Å². The fourth-order valence-electron chi connectivity index (χ4n) is 3.64. The number of anilines is 1. The second-order valence-electron chi connectivity index (χ2n) is 7.15. The van der Waals surface area contributed by atoms with Crippen LogP contribution >= 0.6 is 0 Å². The van der Waals surface area contributed by atoms with Crippen molar-refractivity contribution in [2.45, 2.75) is 19.4 Å². The standard InChI is InChI=1S/C21H24N6O/c1-25(15-17-13-24-27(16-17)19-5-3-2-4-6-19)21(28)18-7-11-26(12-8-18)20-14-22-9-10-23-20/h2-6,9-10,13-14,16,18H,7-8,11-12,15H2,1H3. The highest BCUT2D eigenvalue weighted by atomic mass is 16.2. The zero-order valence-electron chi connectivity index (χ0n) is 16.0. The van der Waals surface area contributed by atoms with Crippen molar-refractivity contribution in [2.75, 3.05) is 25.0 Å². The molecule has 0 saturated carbocycles. The smallest absolute Gasteiger partial charge is 0.225 e. The van der Waals surface area contributed by atoms with Crippen molar-refractivity contribution in [3.63, 3.8) is 0 Å². The Morgan fingerprint density at radius 3 is 2.64 bits per heavy atom. The Morgan fingerprint density at radius 2 is 1.93 bits per heavy atom. The Bertz CT molecular complexity index is 903. The van der Waals surface area contributed by atoms with Gasteiger partial charge in [-0.3, -0.25) is 9.78 Å². The van der Waals surface area contributed by atoms with Crippen LogP contribution in [0.3, 0.4) is 0 Å². The van der Waals surface area contributed by atoms with Gasteiger partial charge < -0.3 is 9.80 Å². The van der Waals surface area contributed by atoms with E-state index in [4.69, 9.17) is 0 Å². The average molecular weight is 376 g/mol. The maximum atomic E-state index is 12.9. The lowest BCUT2D eigenvalue weighted by atomic mass is 9.95. The molecule has 7 heteroatoms. The number of carbonyl (C=O) groups is 1. The number of hydrogen-bond acceptors (Lipinski definition) is 5. The van der Waals surface area contributed by atoms with Gasteiger partial charge in [-0.15, -0.1) is 0 Å². The summed E-state index contributed by atoms with van der Waals surface area (Å²) in [6.07, 6.45) is 10.6. The lowest BCUT2D eigenvalue weighted by molar-refractivity contribution is -0.135. The van der Waals surface area contributed by atoms with Crippen molar-refractivity contribution in [3.05, 3.63) is 66.9 Å². The molecule has 1 amide bonds. The zero-order valence-corrected chi connectivity index (χ0v) is 16.0. The molecule has 2 aromatic heterocycles. The first kappa shape index (κ1) is 18.2. The Balaban J connectivity index is 1.32. The van der Waals surface area contributed by atoms with Crippen molar-refractivity contribution in [2.24, 2.45) is 5.92 Å². The van der Waals surface area contributed by atoms with Crippen LogP contribution in [-0.2, 0) is 11.3 Å². The van der Waals surface area contributed by atoms with Crippen LogP contribution in [0.15, 0.2) is 61.3 Å². The SMILES string of the molecule is CN(Cc1cnn(-c2ccccc2)c1)C(=O)C1CCN(c2cnccn2)CC1. The van der Waals surface area contributed by atoms with Gasteiger partial charge in [-0.1, -0.05) is 18.2 Å². The highest BCUT2D eigenvalue weighted by molar-refractivity contribution is 5.78. The fraction of sp³-hybridized carbons (Fsp3) is 0.333. The van der Waals surface area contributed by atoms with E-state index in [0.29, 0.717) is 6.54 Å². The van der Waals surface area contributed by atoms with E-state index >= 15 is 0 Å². The van der Waals surface area contributed by atoms with Gasteiger partial charge >= 0.3 is 0 Å². The summed E-state index contributed by atoms with van der Waals surface area (Å²) in [5.74, 6) is 1.14. The number of rotatable bonds is 5. The average Bonchev–Trinajstić information content (AvgIpc) is 3.23. The summed E-state index contributed by atoms with van der Waals surface area (Å²) < 4.78 is 1.84. The van der Waals surface area contributed by atoms with E-state index in [1.54, 1.807) is 18.6 Å². The molecule has 1 aliphatic heterocycles. The molecule has 0 bridgehead atoms. The Hall–Kier alpha value is -3.22. The summed E-state index contributed by atoms with van der Waals surface area (Å²) in [6, 6.07) is 9.97. The minimum Gasteiger partial charge on any atom is -0.355 e. The van der Waals surface area contributed by atoms with E-state index < -0.39 is 0 Å². The predicted molar refractivity (Wildman–Crippen MR) is 107 cm³/mol. The highest BCUT2D eigenvalue weighted by Crippen LogP contribution is 2.23. The second kappa shape index (κ2) is 8.21. The fourth-order valence-corrected chi connectivity index (χ4v) is 3.64. The third-order valence-electron chi connectivity index (χ3n) is 5.17. The summed E-state index contributed by atoms with van der Waals surface area (Å²) in [6.45, 7) is 2.22. The number of piperidine rings is 1. The van der Waals surface area contributed by atoms with E-state index in [-0.39, 0.29) is 11.8 Å². The van der Waals surface area contributed by atoms with Gasteiger partial charge in [0.1, 0.15) is 5.82 Å². The molecule has 0 radical (unpaired) electrons. The number of amides is 1. The number of carbonyl (C=O) groups excluding carboxylic acids is 1. The minimum absolute atomic E-state index is 0.0575. The molecule has 1 aliphatic rings. The van der Waals surface area contributed by atoms with Crippen LogP contribution in [0.4, 0.5) is 5.82 Å². The molecule has 1 saturated heterocycles. The third-order valence-corrected chi connectivity index (χ3v) is 5.17. The van der Waals surface area contributed by atoms with Gasteiger partial charge in [-0.25, -0.2) is 9.67 Å². The van der Waals surface area contributed by atoms with Gasteiger partial charge in [0, 0.05) is 56.8 Å². The monoisotopic (exact) mass is 376 g/mol. The Labute approximate surface area is 164 Å². The molecule has 3 aromatic rings. The minimum atomic E-state index is 0.0575. The number of para-hydroxylation sites is 1. The van der Waals surface area contributed by atoms with E-state index in [1.165, 1.54) is 0 Å². The van der Waals surface area contributed by atoms with E-state index in [0.717, 1.165) is 43.0 Å². The van der Waals surface area contributed by atoms with Crippen LogP contribution < -0.4 is 4.90 Å². The summed E-state index contributed by atoms with van der Waals surface area (Å²) in [7, 11) is 1.87. The number of benzene rings is 1. The quantitative estimate of drug-likeness (QED) is 0.685. The molecular weight excluding hydrogens is 352 g/mol. The summed E-state index contributed by atoms with van der Waals surface area (Å²) in [5, 5.41) is 4.41. The number of nitrogens with zero attached hydrogens (tertiary/aromatic N) is 6. The molecule has 4 rings (SSSR count). The van der Waals surface area contributed by atoms with E-state index in [2.05, 4.69) is 20.0 Å². The molecule has 0 spiro atoms. The van der Waals surface area contributed by atoms with Crippen LogP contribution in [0.1, 0.15) is 18.4 Å². The highest BCUT2D eigenvalue weighted by Gasteiger charge is 2.27. The van der Waals surface area contributed by atoms with Crippen LogP contribution in [0, 0.1) is 5.92 Å². The molecule has 0 N–H and O–H groups in total. The van der Waals surface area contributed by atoms with Crippen LogP contribution in [0.5, 0.6) is 0 Å². The van der Waals surface area contributed by atoms with Crippen LogP contribution in [-0.4, -0.2) is 50.7 Å². The molecule has 144 valence electrons. The molecule has 0 aliphatic carbocycles. The summed E-state index contributed by atoms with van der Waals surface area (Å²) in [4.78, 5) is 25.4. The molecule has 1 fully saturated rings.